The first-order chi connectivity index (χ1) is 15.1. The molecule has 1 atom stereocenters. The van der Waals surface area contributed by atoms with Crippen LogP contribution in [0.1, 0.15) is 86.0 Å². The minimum atomic E-state index is -4.41. The van der Waals surface area contributed by atoms with Crippen LogP contribution in [0.15, 0.2) is 29.2 Å². The van der Waals surface area contributed by atoms with Crippen molar-refractivity contribution < 1.29 is 22.8 Å². The van der Waals surface area contributed by atoms with Crippen LogP contribution in [0.3, 0.4) is 0 Å². The monoisotopic (exact) mass is 490 g/mol. The second-order valence-electron chi connectivity index (χ2n) is 8.74. The molecule has 0 aliphatic carbocycles. The second-order valence-corrected chi connectivity index (χ2v) is 14.6. The predicted molar refractivity (Wildman–Crippen MR) is 138 cm³/mol. The van der Waals surface area contributed by atoms with Crippen molar-refractivity contribution in [2.75, 3.05) is 31.3 Å². The van der Waals surface area contributed by atoms with Crippen LogP contribution < -0.4 is 4.74 Å². The minimum absolute atomic E-state index is 0.115. The number of rotatable bonds is 16. The molecule has 0 aliphatic heterocycles. The van der Waals surface area contributed by atoms with Gasteiger partial charge in [-0.1, -0.05) is 53.4 Å². The zero-order chi connectivity index (χ0) is 24.5. The maximum Gasteiger partial charge on any atom is 0.124 e. The third-order valence-electron chi connectivity index (χ3n) is 5.55. The number of hydrogen-bond acceptors (Lipinski definition) is 5. The van der Waals surface area contributed by atoms with Crippen LogP contribution in [0.2, 0.25) is 0 Å². The molecule has 1 aromatic carbocycles. The van der Waals surface area contributed by atoms with Crippen LogP contribution in [0.25, 0.3) is 0 Å². The average Bonchev–Trinajstić information content (AvgIpc) is 2.77. The largest absolute Gasteiger partial charge is 0.744 e. The number of aliphatic hydroxyl groups excluding tert-OH is 1. The number of aliphatic hydroxyl groups is 1. The Bertz CT molecular complexity index is 637. The van der Waals surface area contributed by atoms with Gasteiger partial charge in [0, 0.05) is 7.26 Å². The number of hydrogen-bond donors (Lipinski definition) is 1. The minimum Gasteiger partial charge on any atom is -0.744 e. The first-order valence-corrected chi connectivity index (χ1v) is 16.3. The quantitative estimate of drug-likeness (QED) is 0.210. The predicted octanol–water partition coefficient (Wildman–Crippen LogP) is 6.55. The van der Waals surface area contributed by atoms with Gasteiger partial charge in [-0.25, -0.2) is 8.42 Å². The third kappa shape index (κ3) is 14.5. The fourth-order valence-corrected chi connectivity index (χ4v) is 9.32. The molecule has 0 amide bonds. The molecular formula is C25H47O5PS. The lowest BCUT2D eigenvalue weighted by Gasteiger charge is -2.28. The Labute approximate surface area is 198 Å². The Balaban J connectivity index is 0.000000604. The normalized spacial score (nSPS) is 12.7. The van der Waals surface area contributed by atoms with Crippen LogP contribution in [0.4, 0.5) is 0 Å². The molecule has 7 heteroatoms. The van der Waals surface area contributed by atoms with Crippen LogP contribution in [0.5, 0.6) is 5.75 Å². The van der Waals surface area contributed by atoms with Crippen molar-refractivity contribution in [2.24, 2.45) is 0 Å². The summed E-state index contributed by atoms with van der Waals surface area (Å²) in [6, 6.07) is 5.07. The average molecular weight is 491 g/mol. The summed E-state index contributed by atoms with van der Waals surface area (Å²) in [4.78, 5) is -0.299. The first-order valence-electron chi connectivity index (χ1n) is 12.4. The summed E-state index contributed by atoms with van der Waals surface area (Å²) in [5.74, 6) is 0.406. The van der Waals surface area contributed by atoms with Gasteiger partial charge in [0.05, 0.1) is 35.6 Å². The summed E-state index contributed by atoms with van der Waals surface area (Å²) in [7, 11) is -4.97. The summed E-state index contributed by atoms with van der Waals surface area (Å²) in [6.07, 6.45) is 17.3. The Morgan fingerprint density at radius 3 is 1.50 bits per heavy atom. The molecule has 0 radical (unpaired) electrons. The molecule has 0 saturated heterocycles. The van der Waals surface area contributed by atoms with E-state index in [1.54, 1.807) is 31.6 Å². The Kier molecular flexibility index (Phi) is 17.4. The number of unbranched alkanes of at least 4 members (excludes halogenated alkanes) is 4. The van der Waals surface area contributed by atoms with Gasteiger partial charge in [-0.2, -0.15) is 0 Å². The van der Waals surface area contributed by atoms with E-state index in [9.17, 15) is 13.0 Å². The van der Waals surface area contributed by atoms with Gasteiger partial charge >= 0.3 is 0 Å². The van der Waals surface area contributed by atoms with Crippen molar-refractivity contribution in [1.82, 2.24) is 0 Å². The van der Waals surface area contributed by atoms with Gasteiger partial charge in [0.15, 0.2) is 0 Å². The molecule has 32 heavy (non-hydrogen) atoms. The lowest BCUT2D eigenvalue weighted by Crippen LogP contribution is -2.12. The van der Waals surface area contributed by atoms with E-state index in [-0.39, 0.29) is 11.5 Å². The second kappa shape index (κ2) is 17.8. The van der Waals surface area contributed by atoms with Gasteiger partial charge in [-0.15, -0.1) is 0 Å². The van der Waals surface area contributed by atoms with Crippen molar-refractivity contribution in [3.8, 4) is 5.75 Å². The maximum atomic E-state index is 10.6. The summed E-state index contributed by atoms with van der Waals surface area (Å²) >= 11 is 0. The summed E-state index contributed by atoms with van der Waals surface area (Å²) in [5, 5.41) is 8.93. The van der Waals surface area contributed by atoms with E-state index in [1.807, 2.05) is 0 Å². The molecule has 0 aromatic heterocycles. The summed E-state index contributed by atoms with van der Waals surface area (Å²) in [6.45, 7) is 11.1. The molecule has 0 heterocycles. The number of benzene rings is 1. The van der Waals surface area contributed by atoms with E-state index in [1.165, 1.54) is 75.6 Å². The Morgan fingerprint density at radius 2 is 1.22 bits per heavy atom. The molecule has 1 unspecified atom stereocenters. The first kappa shape index (κ1) is 31.3. The van der Waals surface area contributed by atoms with E-state index >= 15 is 0 Å². The molecule has 0 saturated carbocycles. The highest BCUT2D eigenvalue weighted by Gasteiger charge is 2.34. The van der Waals surface area contributed by atoms with E-state index in [2.05, 4.69) is 27.7 Å². The molecule has 1 rings (SSSR count). The van der Waals surface area contributed by atoms with Gasteiger partial charge in [0.2, 0.25) is 0 Å². The molecule has 0 fully saturated rings. The van der Waals surface area contributed by atoms with Crippen LogP contribution in [0, 0.1) is 0 Å². The van der Waals surface area contributed by atoms with E-state index in [0.717, 1.165) is 0 Å². The highest BCUT2D eigenvalue weighted by atomic mass is 32.2. The lowest BCUT2D eigenvalue weighted by atomic mass is 10.3. The maximum absolute atomic E-state index is 10.6. The molecule has 0 bridgehead atoms. The molecule has 188 valence electrons. The molecule has 1 N–H and O–H groups in total. The SMILES string of the molecule is CC(O)COc1ccc(S(=O)(=O)[O-])cc1.CCCC[P+](CCCC)(CCCC)CCCC. The fraction of sp³-hybridized carbons (Fsp3) is 0.760. The molecule has 1 aromatic rings. The topological polar surface area (TPSA) is 86.7 Å². The Morgan fingerprint density at radius 1 is 0.844 bits per heavy atom. The smallest absolute Gasteiger partial charge is 0.124 e. The van der Waals surface area contributed by atoms with Crippen molar-refractivity contribution >= 4 is 17.4 Å². The standard InChI is InChI=1S/C16H36P.C9H12O5S/c1-5-9-13-17(14-10-6-2,15-11-7-3)16-12-8-4;1-7(10)6-14-8-2-4-9(5-3-8)15(11,12)13/h5-16H2,1-4H3;2-5,7,10H,6H2,1H3,(H,11,12,13)/q+1;/p-1. The van der Waals surface area contributed by atoms with Crippen molar-refractivity contribution in [3.05, 3.63) is 24.3 Å². The van der Waals surface area contributed by atoms with Crippen LogP contribution >= 0.6 is 7.26 Å². The molecule has 0 spiro atoms. The fourth-order valence-electron chi connectivity index (χ4n) is 3.56. The van der Waals surface area contributed by atoms with E-state index in [4.69, 9.17) is 9.84 Å². The van der Waals surface area contributed by atoms with Crippen molar-refractivity contribution in [2.45, 2.75) is 97.0 Å². The molecule has 5 nitrogen and oxygen atoms in total. The summed E-state index contributed by atoms with van der Waals surface area (Å²) < 4.78 is 36.8. The van der Waals surface area contributed by atoms with Gasteiger partial charge < -0.3 is 14.4 Å². The number of ether oxygens (including phenoxy) is 1. The highest BCUT2D eigenvalue weighted by molar-refractivity contribution is 7.85. The van der Waals surface area contributed by atoms with Gasteiger partial charge in [0.1, 0.15) is 22.5 Å². The van der Waals surface area contributed by atoms with Gasteiger partial charge in [-0.3, -0.25) is 0 Å². The molecule has 0 aliphatic rings. The Hall–Kier alpha value is -0.680. The van der Waals surface area contributed by atoms with Crippen LogP contribution in [-0.2, 0) is 10.1 Å². The van der Waals surface area contributed by atoms with Gasteiger partial charge in [0.25, 0.3) is 0 Å². The zero-order valence-electron chi connectivity index (χ0n) is 21.0. The summed E-state index contributed by atoms with van der Waals surface area (Å²) in [5.41, 5.74) is 0. The zero-order valence-corrected chi connectivity index (χ0v) is 22.7. The van der Waals surface area contributed by atoms with Crippen molar-refractivity contribution in [1.29, 1.82) is 0 Å². The van der Waals surface area contributed by atoms with Crippen LogP contribution in [-0.4, -0.2) is 55.4 Å². The van der Waals surface area contributed by atoms with Gasteiger partial charge in [-0.05, 0) is 56.9 Å². The highest BCUT2D eigenvalue weighted by Crippen LogP contribution is 2.61. The van der Waals surface area contributed by atoms with Crippen molar-refractivity contribution in [3.63, 3.8) is 0 Å². The third-order valence-corrected chi connectivity index (χ3v) is 11.5. The van der Waals surface area contributed by atoms with E-state index in [0.29, 0.717) is 5.75 Å². The lowest BCUT2D eigenvalue weighted by molar-refractivity contribution is 0.122. The molecular weight excluding hydrogens is 443 g/mol. The van der Waals surface area contributed by atoms with E-state index < -0.39 is 23.5 Å².